The van der Waals surface area contributed by atoms with E-state index in [4.69, 9.17) is 4.74 Å². The van der Waals surface area contributed by atoms with Crippen molar-refractivity contribution in [2.75, 3.05) is 26.7 Å². The topological polar surface area (TPSA) is 24.5 Å². The van der Waals surface area contributed by atoms with Crippen LogP contribution in [0.2, 0.25) is 0 Å². The molecule has 1 N–H and O–H groups in total. The van der Waals surface area contributed by atoms with Gasteiger partial charge in [-0.3, -0.25) is 4.90 Å². The molecule has 0 heterocycles. The van der Waals surface area contributed by atoms with E-state index in [2.05, 4.69) is 40.1 Å². The summed E-state index contributed by atoms with van der Waals surface area (Å²) in [7, 11) is 2.22. The second kappa shape index (κ2) is 7.27. The monoisotopic (exact) mass is 326 g/mol. The van der Waals surface area contributed by atoms with Gasteiger partial charge in [0.05, 0.1) is 0 Å². The Bertz CT molecular complexity index is 395. The fourth-order valence-corrected chi connectivity index (χ4v) is 2.47. The van der Waals surface area contributed by atoms with Crippen molar-refractivity contribution in [1.29, 1.82) is 0 Å². The van der Waals surface area contributed by atoms with Gasteiger partial charge in [0.15, 0.2) is 0 Å². The van der Waals surface area contributed by atoms with Crippen LogP contribution in [-0.4, -0.2) is 43.7 Å². The molecule has 1 aliphatic carbocycles. The molecule has 1 aromatic rings. The van der Waals surface area contributed by atoms with E-state index < -0.39 is 0 Å². The Labute approximate surface area is 124 Å². The number of hydrogen-bond acceptors (Lipinski definition) is 3. The lowest BCUT2D eigenvalue weighted by atomic mass is 10.3. The molecule has 1 aliphatic rings. The fraction of sp³-hybridized carbons (Fsp3) is 0.600. The van der Waals surface area contributed by atoms with E-state index in [9.17, 15) is 0 Å². The Morgan fingerprint density at radius 1 is 1.47 bits per heavy atom. The molecule has 0 amide bonds. The van der Waals surface area contributed by atoms with E-state index in [0.717, 1.165) is 29.4 Å². The SMILES string of the molecule is CC(CNCCOc1cccc(Br)c1)N(C)C1CC1. The average Bonchev–Trinajstić information content (AvgIpc) is 3.21. The molecule has 0 saturated heterocycles. The highest BCUT2D eigenvalue weighted by atomic mass is 79.9. The van der Waals surface area contributed by atoms with Gasteiger partial charge in [0.1, 0.15) is 12.4 Å². The van der Waals surface area contributed by atoms with Crippen molar-refractivity contribution in [2.24, 2.45) is 0 Å². The summed E-state index contributed by atoms with van der Waals surface area (Å²) < 4.78 is 6.74. The van der Waals surface area contributed by atoms with Gasteiger partial charge in [0.25, 0.3) is 0 Å². The number of ether oxygens (including phenoxy) is 1. The highest BCUT2D eigenvalue weighted by molar-refractivity contribution is 9.10. The van der Waals surface area contributed by atoms with Crippen LogP contribution >= 0.6 is 15.9 Å². The van der Waals surface area contributed by atoms with Gasteiger partial charge in [-0.2, -0.15) is 0 Å². The summed E-state index contributed by atoms with van der Waals surface area (Å²) in [5, 5.41) is 3.46. The lowest BCUT2D eigenvalue weighted by Gasteiger charge is -2.24. The van der Waals surface area contributed by atoms with Crippen LogP contribution in [0.3, 0.4) is 0 Å². The Balaban J connectivity index is 1.56. The third-order valence-corrected chi connectivity index (χ3v) is 4.09. The molecule has 1 saturated carbocycles. The Morgan fingerprint density at radius 2 is 2.26 bits per heavy atom. The molecule has 1 unspecified atom stereocenters. The van der Waals surface area contributed by atoms with Crippen LogP contribution < -0.4 is 10.1 Å². The minimum Gasteiger partial charge on any atom is -0.492 e. The first-order valence-electron chi connectivity index (χ1n) is 6.98. The van der Waals surface area contributed by atoms with Gasteiger partial charge in [-0.05, 0) is 45.0 Å². The fourth-order valence-electron chi connectivity index (χ4n) is 2.09. The molecule has 0 bridgehead atoms. The number of nitrogens with one attached hydrogen (secondary N) is 1. The van der Waals surface area contributed by atoms with Gasteiger partial charge in [0.2, 0.25) is 0 Å². The smallest absolute Gasteiger partial charge is 0.120 e. The van der Waals surface area contributed by atoms with Crippen molar-refractivity contribution < 1.29 is 4.74 Å². The van der Waals surface area contributed by atoms with Crippen molar-refractivity contribution in [3.8, 4) is 5.75 Å². The molecular weight excluding hydrogens is 304 g/mol. The molecule has 1 aromatic carbocycles. The number of rotatable bonds is 8. The minimum atomic E-state index is 0.596. The summed E-state index contributed by atoms with van der Waals surface area (Å²) in [6.45, 7) is 4.89. The zero-order chi connectivity index (χ0) is 13.7. The van der Waals surface area contributed by atoms with Crippen molar-refractivity contribution in [2.45, 2.75) is 31.8 Å². The van der Waals surface area contributed by atoms with Gasteiger partial charge < -0.3 is 10.1 Å². The second-order valence-corrected chi connectivity index (χ2v) is 6.17. The maximum atomic E-state index is 5.68. The first kappa shape index (κ1) is 14.8. The summed E-state index contributed by atoms with van der Waals surface area (Å²) in [4.78, 5) is 2.47. The number of hydrogen-bond donors (Lipinski definition) is 1. The van der Waals surface area contributed by atoms with Crippen molar-refractivity contribution in [3.63, 3.8) is 0 Å². The minimum absolute atomic E-state index is 0.596. The van der Waals surface area contributed by atoms with Gasteiger partial charge >= 0.3 is 0 Å². The van der Waals surface area contributed by atoms with Gasteiger partial charge in [-0.25, -0.2) is 0 Å². The van der Waals surface area contributed by atoms with Crippen molar-refractivity contribution in [1.82, 2.24) is 10.2 Å². The zero-order valence-corrected chi connectivity index (χ0v) is 13.3. The maximum Gasteiger partial charge on any atom is 0.120 e. The van der Waals surface area contributed by atoms with Crippen LogP contribution in [0.5, 0.6) is 5.75 Å². The average molecular weight is 327 g/mol. The predicted molar refractivity (Wildman–Crippen MR) is 82.8 cm³/mol. The second-order valence-electron chi connectivity index (χ2n) is 5.26. The molecule has 1 fully saturated rings. The van der Waals surface area contributed by atoms with Crippen LogP contribution in [0.4, 0.5) is 0 Å². The van der Waals surface area contributed by atoms with E-state index in [1.54, 1.807) is 0 Å². The van der Waals surface area contributed by atoms with E-state index in [0.29, 0.717) is 12.6 Å². The standard InChI is InChI=1S/C15H23BrN2O/c1-12(18(2)14-6-7-14)11-17-8-9-19-15-5-3-4-13(16)10-15/h3-5,10,12,14,17H,6-9,11H2,1-2H3. The Kier molecular flexibility index (Phi) is 5.67. The molecule has 106 valence electrons. The normalized spacial score (nSPS) is 16.6. The predicted octanol–water partition coefficient (Wildman–Crippen LogP) is 2.90. The molecule has 0 spiro atoms. The summed E-state index contributed by atoms with van der Waals surface area (Å²) in [5.74, 6) is 0.916. The zero-order valence-electron chi connectivity index (χ0n) is 11.7. The van der Waals surface area contributed by atoms with E-state index in [-0.39, 0.29) is 0 Å². The van der Waals surface area contributed by atoms with Crippen LogP contribution in [0.15, 0.2) is 28.7 Å². The summed E-state index contributed by atoms with van der Waals surface area (Å²) >= 11 is 3.44. The number of likely N-dealkylation sites (N-methyl/N-ethyl adjacent to an activating group) is 1. The van der Waals surface area contributed by atoms with Crippen molar-refractivity contribution in [3.05, 3.63) is 28.7 Å². The molecule has 2 rings (SSSR count). The number of benzene rings is 1. The summed E-state index contributed by atoms with van der Waals surface area (Å²) in [6, 6.07) is 9.38. The lowest BCUT2D eigenvalue weighted by Crippen LogP contribution is -2.40. The third-order valence-electron chi connectivity index (χ3n) is 3.60. The Hall–Kier alpha value is -0.580. The van der Waals surface area contributed by atoms with Gasteiger partial charge in [-0.1, -0.05) is 22.0 Å². The van der Waals surface area contributed by atoms with Crippen molar-refractivity contribution >= 4 is 15.9 Å². The molecule has 0 aliphatic heterocycles. The summed E-state index contributed by atoms with van der Waals surface area (Å²) in [6.07, 6.45) is 2.74. The largest absolute Gasteiger partial charge is 0.492 e. The molecule has 1 atom stereocenters. The first-order chi connectivity index (χ1) is 9.16. The molecule has 3 nitrogen and oxygen atoms in total. The Morgan fingerprint density at radius 3 is 2.95 bits per heavy atom. The van der Waals surface area contributed by atoms with Gasteiger partial charge in [0, 0.05) is 29.6 Å². The third kappa shape index (κ3) is 5.13. The van der Waals surface area contributed by atoms with E-state index in [1.807, 2.05) is 24.3 Å². The molecule has 0 radical (unpaired) electrons. The lowest BCUT2D eigenvalue weighted by molar-refractivity contribution is 0.235. The molecular formula is C15H23BrN2O. The summed E-state index contributed by atoms with van der Waals surface area (Å²) in [5.41, 5.74) is 0. The van der Waals surface area contributed by atoms with Crippen LogP contribution in [0.25, 0.3) is 0 Å². The van der Waals surface area contributed by atoms with E-state index in [1.165, 1.54) is 12.8 Å². The highest BCUT2D eigenvalue weighted by Crippen LogP contribution is 2.26. The highest BCUT2D eigenvalue weighted by Gasteiger charge is 2.28. The number of nitrogens with zero attached hydrogens (tertiary/aromatic N) is 1. The van der Waals surface area contributed by atoms with Crippen LogP contribution in [-0.2, 0) is 0 Å². The maximum absolute atomic E-state index is 5.68. The quantitative estimate of drug-likeness (QED) is 0.743. The first-order valence-corrected chi connectivity index (χ1v) is 7.77. The number of halogens is 1. The molecule has 0 aromatic heterocycles. The van der Waals surface area contributed by atoms with Gasteiger partial charge in [-0.15, -0.1) is 0 Å². The van der Waals surface area contributed by atoms with E-state index >= 15 is 0 Å². The molecule has 4 heteroatoms. The molecule has 19 heavy (non-hydrogen) atoms. The van der Waals surface area contributed by atoms with Crippen LogP contribution in [0, 0.1) is 0 Å². The van der Waals surface area contributed by atoms with Crippen LogP contribution in [0.1, 0.15) is 19.8 Å².